The van der Waals surface area contributed by atoms with E-state index in [-0.39, 0.29) is 5.92 Å². The summed E-state index contributed by atoms with van der Waals surface area (Å²) in [6.45, 7) is 4.44. The molecule has 0 aliphatic carbocycles. The van der Waals surface area contributed by atoms with Crippen LogP contribution in [0.4, 0.5) is 0 Å². The van der Waals surface area contributed by atoms with Crippen LogP contribution in [0.25, 0.3) is 0 Å². The predicted octanol–water partition coefficient (Wildman–Crippen LogP) is 2.85. The van der Waals surface area contributed by atoms with Crippen molar-refractivity contribution >= 4 is 0 Å². The maximum atomic E-state index is 5.73. The van der Waals surface area contributed by atoms with Gasteiger partial charge < -0.3 is 10.5 Å². The minimum Gasteiger partial charge on any atom is -0.454 e. The van der Waals surface area contributed by atoms with Crippen LogP contribution in [-0.2, 0) is 6.54 Å². The van der Waals surface area contributed by atoms with Gasteiger partial charge in [0.15, 0.2) is 5.75 Å². The molecule has 94 valence electrons. The summed E-state index contributed by atoms with van der Waals surface area (Å²) in [5.41, 5.74) is 6.44. The first-order valence-electron chi connectivity index (χ1n) is 5.99. The largest absolute Gasteiger partial charge is 0.454 e. The SMILES string of the molecule is CC(C)c1ncc(Oc2ccccc2)c(CN)n1. The van der Waals surface area contributed by atoms with E-state index in [9.17, 15) is 0 Å². The van der Waals surface area contributed by atoms with Crippen molar-refractivity contribution in [2.75, 3.05) is 0 Å². The van der Waals surface area contributed by atoms with Crippen LogP contribution in [0.3, 0.4) is 0 Å². The molecular weight excluding hydrogens is 226 g/mol. The standard InChI is InChI=1S/C14H17N3O/c1-10(2)14-16-9-13(12(8-15)17-14)18-11-6-4-3-5-7-11/h3-7,9-10H,8,15H2,1-2H3. The highest BCUT2D eigenvalue weighted by Crippen LogP contribution is 2.24. The summed E-state index contributed by atoms with van der Waals surface area (Å²) in [6, 6.07) is 9.55. The number of hydrogen-bond acceptors (Lipinski definition) is 4. The van der Waals surface area contributed by atoms with E-state index in [1.807, 2.05) is 44.2 Å². The molecule has 1 heterocycles. The molecule has 0 radical (unpaired) electrons. The van der Waals surface area contributed by atoms with Crippen molar-refractivity contribution in [1.82, 2.24) is 9.97 Å². The molecular formula is C14H17N3O. The fourth-order valence-corrected chi connectivity index (χ4v) is 1.55. The molecule has 0 spiro atoms. The highest BCUT2D eigenvalue weighted by molar-refractivity contribution is 5.32. The van der Waals surface area contributed by atoms with E-state index in [4.69, 9.17) is 10.5 Å². The Hall–Kier alpha value is -1.94. The number of para-hydroxylation sites is 1. The first kappa shape index (κ1) is 12.5. The Bertz CT molecular complexity index is 512. The summed E-state index contributed by atoms with van der Waals surface area (Å²) in [4.78, 5) is 8.72. The summed E-state index contributed by atoms with van der Waals surface area (Å²) in [6.07, 6.45) is 1.69. The molecule has 0 fully saturated rings. The number of benzene rings is 1. The second kappa shape index (κ2) is 5.60. The third-order valence-corrected chi connectivity index (χ3v) is 2.53. The smallest absolute Gasteiger partial charge is 0.168 e. The number of hydrogen-bond donors (Lipinski definition) is 1. The third kappa shape index (κ3) is 2.84. The van der Waals surface area contributed by atoms with Crippen molar-refractivity contribution in [1.29, 1.82) is 0 Å². The van der Waals surface area contributed by atoms with Gasteiger partial charge in [-0.1, -0.05) is 32.0 Å². The van der Waals surface area contributed by atoms with Crippen LogP contribution in [-0.4, -0.2) is 9.97 Å². The lowest BCUT2D eigenvalue weighted by Gasteiger charge is -2.11. The molecule has 2 N–H and O–H groups in total. The van der Waals surface area contributed by atoms with E-state index >= 15 is 0 Å². The summed E-state index contributed by atoms with van der Waals surface area (Å²) < 4.78 is 5.73. The molecule has 0 bridgehead atoms. The van der Waals surface area contributed by atoms with Crippen LogP contribution >= 0.6 is 0 Å². The van der Waals surface area contributed by atoms with E-state index in [1.165, 1.54) is 0 Å². The Kier molecular flexibility index (Phi) is 3.89. The van der Waals surface area contributed by atoms with Crippen molar-refractivity contribution < 1.29 is 4.74 Å². The van der Waals surface area contributed by atoms with Crippen LogP contribution in [0.1, 0.15) is 31.3 Å². The van der Waals surface area contributed by atoms with E-state index in [0.29, 0.717) is 12.3 Å². The van der Waals surface area contributed by atoms with E-state index in [1.54, 1.807) is 6.20 Å². The Morgan fingerprint density at radius 2 is 1.94 bits per heavy atom. The van der Waals surface area contributed by atoms with Gasteiger partial charge >= 0.3 is 0 Å². The molecule has 0 saturated carbocycles. The van der Waals surface area contributed by atoms with E-state index < -0.39 is 0 Å². The van der Waals surface area contributed by atoms with Gasteiger partial charge in [-0.2, -0.15) is 0 Å². The number of nitrogens with zero attached hydrogens (tertiary/aromatic N) is 2. The van der Waals surface area contributed by atoms with Crippen LogP contribution < -0.4 is 10.5 Å². The summed E-state index contributed by atoms with van der Waals surface area (Å²) in [5.74, 6) is 2.44. The highest BCUT2D eigenvalue weighted by atomic mass is 16.5. The molecule has 4 nitrogen and oxygen atoms in total. The van der Waals surface area contributed by atoms with Gasteiger partial charge in [0.2, 0.25) is 0 Å². The summed E-state index contributed by atoms with van der Waals surface area (Å²) in [7, 11) is 0. The zero-order valence-electron chi connectivity index (χ0n) is 10.6. The van der Waals surface area contributed by atoms with Crippen molar-refractivity contribution in [3.05, 3.63) is 48.0 Å². The van der Waals surface area contributed by atoms with Gasteiger partial charge in [0.05, 0.1) is 6.20 Å². The predicted molar refractivity (Wildman–Crippen MR) is 70.5 cm³/mol. The number of ether oxygens (including phenoxy) is 1. The molecule has 0 atom stereocenters. The van der Waals surface area contributed by atoms with Gasteiger partial charge in [0, 0.05) is 12.5 Å². The quantitative estimate of drug-likeness (QED) is 0.897. The van der Waals surface area contributed by atoms with Crippen LogP contribution in [0, 0.1) is 0 Å². The molecule has 0 saturated heterocycles. The molecule has 2 aromatic rings. The Balaban J connectivity index is 2.28. The Labute approximate surface area is 107 Å². The van der Waals surface area contributed by atoms with Gasteiger partial charge in [0.1, 0.15) is 17.3 Å². The van der Waals surface area contributed by atoms with Gasteiger partial charge in [-0.05, 0) is 12.1 Å². The molecule has 0 aliphatic rings. The van der Waals surface area contributed by atoms with Gasteiger partial charge in [0.25, 0.3) is 0 Å². The highest BCUT2D eigenvalue weighted by Gasteiger charge is 2.10. The van der Waals surface area contributed by atoms with E-state index in [0.717, 1.165) is 17.3 Å². The zero-order valence-corrected chi connectivity index (χ0v) is 10.6. The lowest BCUT2D eigenvalue weighted by Crippen LogP contribution is -2.07. The minimum absolute atomic E-state index is 0.279. The van der Waals surface area contributed by atoms with Gasteiger partial charge in [-0.3, -0.25) is 0 Å². The lowest BCUT2D eigenvalue weighted by molar-refractivity contribution is 0.467. The van der Waals surface area contributed by atoms with E-state index in [2.05, 4.69) is 9.97 Å². The number of nitrogens with two attached hydrogens (primary N) is 1. The average Bonchev–Trinajstić information content (AvgIpc) is 2.40. The fourth-order valence-electron chi connectivity index (χ4n) is 1.55. The minimum atomic E-state index is 0.279. The van der Waals surface area contributed by atoms with Crippen molar-refractivity contribution in [3.8, 4) is 11.5 Å². The monoisotopic (exact) mass is 243 g/mol. The third-order valence-electron chi connectivity index (χ3n) is 2.53. The van der Waals surface area contributed by atoms with Crippen LogP contribution in [0.2, 0.25) is 0 Å². The molecule has 4 heteroatoms. The van der Waals surface area contributed by atoms with Crippen molar-refractivity contribution in [2.24, 2.45) is 5.73 Å². The summed E-state index contributed by atoms with van der Waals surface area (Å²) in [5, 5.41) is 0. The first-order chi connectivity index (χ1) is 8.70. The topological polar surface area (TPSA) is 61.0 Å². The van der Waals surface area contributed by atoms with Crippen molar-refractivity contribution in [2.45, 2.75) is 26.3 Å². The Morgan fingerprint density at radius 3 is 2.56 bits per heavy atom. The first-order valence-corrected chi connectivity index (χ1v) is 5.99. The summed E-state index contributed by atoms with van der Waals surface area (Å²) >= 11 is 0. The molecule has 1 aromatic heterocycles. The maximum Gasteiger partial charge on any atom is 0.168 e. The zero-order chi connectivity index (χ0) is 13.0. The molecule has 1 aromatic carbocycles. The maximum absolute atomic E-state index is 5.73. The molecule has 18 heavy (non-hydrogen) atoms. The molecule has 0 aliphatic heterocycles. The van der Waals surface area contributed by atoms with Crippen LogP contribution in [0.5, 0.6) is 11.5 Å². The second-order valence-corrected chi connectivity index (χ2v) is 4.31. The number of aromatic nitrogens is 2. The van der Waals surface area contributed by atoms with Gasteiger partial charge in [-0.15, -0.1) is 0 Å². The lowest BCUT2D eigenvalue weighted by atomic mass is 10.2. The normalized spacial score (nSPS) is 10.7. The molecule has 2 rings (SSSR count). The Morgan fingerprint density at radius 1 is 1.22 bits per heavy atom. The molecule has 0 unspecified atom stereocenters. The second-order valence-electron chi connectivity index (χ2n) is 4.31. The van der Waals surface area contributed by atoms with Crippen LogP contribution in [0.15, 0.2) is 36.5 Å². The average molecular weight is 243 g/mol. The number of rotatable bonds is 4. The molecule has 0 amide bonds. The van der Waals surface area contributed by atoms with Gasteiger partial charge in [-0.25, -0.2) is 9.97 Å². The van der Waals surface area contributed by atoms with Crippen molar-refractivity contribution in [3.63, 3.8) is 0 Å². The fraction of sp³-hybridized carbons (Fsp3) is 0.286.